The maximum atomic E-state index is 9.28. The van der Waals surface area contributed by atoms with Crippen LogP contribution in [0.4, 0.5) is 0 Å². The minimum Gasteiger partial charge on any atom is -0.550 e. The number of aliphatic hydroxyl groups excluding tert-OH is 2. The van der Waals surface area contributed by atoms with Crippen LogP contribution in [0.2, 0.25) is 0 Å². The van der Waals surface area contributed by atoms with Crippen molar-refractivity contribution in [2.45, 2.75) is 39.5 Å². The average Bonchev–Trinajstić information content (AvgIpc) is 2.36. The summed E-state index contributed by atoms with van der Waals surface area (Å²) in [6.07, 6.45) is -0.306. The molecule has 0 aliphatic rings. The normalized spacial score (nSPS) is 7.48. The number of carbonyl (C=O) groups is 4. The third-order valence-electron chi connectivity index (χ3n) is 1.02. The molecule has 0 rings (SSSR count). The monoisotopic (exact) mass is 372 g/mol. The summed E-state index contributed by atoms with van der Waals surface area (Å²) in [6.45, 7) is 4.50. The number of carboxylic acid groups (broad SMARTS) is 4. The van der Waals surface area contributed by atoms with E-state index < -0.39 is 36.7 Å². The fourth-order valence-corrected chi connectivity index (χ4v) is 0.236. The van der Waals surface area contributed by atoms with Crippen LogP contribution in [0.25, 0.3) is 0 Å². The number of rotatable bonds is 6. The zero-order valence-corrected chi connectivity index (χ0v) is 14.5. The average molecular weight is 372 g/mol. The molecule has 11 heteroatoms. The molecule has 0 aliphatic heterocycles. The van der Waals surface area contributed by atoms with E-state index in [0.29, 0.717) is 13.2 Å². The van der Waals surface area contributed by atoms with Gasteiger partial charge >= 0.3 is 21.7 Å². The van der Waals surface area contributed by atoms with Gasteiger partial charge in [0.05, 0.1) is 0 Å². The van der Waals surface area contributed by atoms with Gasteiger partial charge in [0.15, 0.2) is 0 Å². The SMILES string of the molecule is CCCO.CCCO.O=C([O-])CC(=O)[O-].O=C([O-])CC(=O)[O-].[Ti+4]. The Bertz CT molecular complexity index is 248. The molecular weight excluding hydrogens is 352 g/mol. The molecule has 0 atom stereocenters. The summed E-state index contributed by atoms with van der Waals surface area (Å²) in [7, 11) is 0. The van der Waals surface area contributed by atoms with Gasteiger partial charge in [0.25, 0.3) is 0 Å². The molecule has 0 aromatic heterocycles. The number of aliphatic carboxylic acids is 4. The number of hydrogen-bond donors (Lipinski definition) is 2. The van der Waals surface area contributed by atoms with E-state index in [9.17, 15) is 39.6 Å². The van der Waals surface area contributed by atoms with Crippen LogP contribution in [0.1, 0.15) is 39.5 Å². The Morgan fingerprint density at radius 2 is 0.783 bits per heavy atom. The molecule has 0 aliphatic carbocycles. The molecule has 0 amide bonds. The van der Waals surface area contributed by atoms with Crippen molar-refractivity contribution >= 4 is 23.9 Å². The molecule has 0 heterocycles. The molecule has 132 valence electrons. The van der Waals surface area contributed by atoms with Crippen molar-refractivity contribution < 1.29 is 71.5 Å². The van der Waals surface area contributed by atoms with Crippen molar-refractivity contribution in [2.24, 2.45) is 0 Å². The summed E-state index contributed by atoms with van der Waals surface area (Å²) in [6, 6.07) is 0. The minimum absolute atomic E-state index is 0. The third kappa shape index (κ3) is 97.0. The Kier molecular flexibility index (Phi) is 41.3. The van der Waals surface area contributed by atoms with Crippen molar-refractivity contribution in [2.75, 3.05) is 13.2 Å². The van der Waals surface area contributed by atoms with Gasteiger partial charge in [0, 0.05) is 49.9 Å². The van der Waals surface area contributed by atoms with E-state index in [2.05, 4.69) is 0 Å². The van der Waals surface area contributed by atoms with Crippen molar-refractivity contribution in [3.63, 3.8) is 0 Å². The number of aliphatic hydroxyl groups is 2. The van der Waals surface area contributed by atoms with Gasteiger partial charge in [-0.3, -0.25) is 0 Å². The molecule has 0 radical (unpaired) electrons. The van der Waals surface area contributed by atoms with Gasteiger partial charge in [-0.2, -0.15) is 0 Å². The first-order valence-corrected chi connectivity index (χ1v) is 6.09. The standard InChI is InChI=1S/2C3H4O4.2C3H8O.Ti/c2*4-2(5)1-3(6)7;2*1-2-3-4;/h2*1H2,(H,4,5)(H,6,7);2*4H,2-3H2,1H3;/q;;;;+4/p-4. The van der Waals surface area contributed by atoms with Gasteiger partial charge in [-0.05, 0) is 12.8 Å². The fourth-order valence-electron chi connectivity index (χ4n) is 0.236. The smallest absolute Gasteiger partial charge is 0.550 e. The Hall–Kier alpha value is -1.49. The van der Waals surface area contributed by atoms with Crippen LogP contribution >= 0.6 is 0 Å². The Balaban J connectivity index is -0.0000000639. The van der Waals surface area contributed by atoms with E-state index in [1.807, 2.05) is 13.8 Å². The third-order valence-corrected chi connectivity index (χ3v) is 1.02. The number of hydrogen-bond acceptors (Lipinski definition) is 10. The molecule has 0 aromatic rings. The van der Waals surface area contributed by atoms with Crippen LogP contribution in [0.3, 0.4) is 0 Å². The molecule has 23 heavy (non-hydrogen) atoms. The van der Waals surface area contributed by atoms with E-state index >= 15 is 0 Å². The largest absolute Gasteiger partial charge is 4.00 e. The van der Waals surface area contributed by atoms with Crippen molar-refractivity contribution in [1.29, 1.82) is 0 Å². The van der Waals surface area contributed by atoms with E-state index in [0.717, 1.165) is 12.8 Å². The number of carboxylic acids is 4. The summed E-state index contributed by atoms with van der Waals surface area (Å²) >= 11 is 0. The van der Waals surface area contributed by atoms with Gasteiger partial charge in [-0.15, -0.1) is 0 Å². The van der Waals surface area contributed by atoms with E-state index in [4.69, 9.17) is 10.2 Å². The predicted molar refractivity (Wildman–Crippen MR) is 64.0 cm³/mol. The molecular formula is C12H20O10Ti. The first kappa shape index (κ1) is 33.2. The second-order valence-corrected chi connectivity index (χ2v) is 3.29. The first-order chi connectivity index (χ1) is 10.1. The van der Waals surface area contributed by atoms with Crippen LogP contribution in [0, 0.1) is 0 Å². The summed E-state index contributed by atoms with van der Waals surface area (Å²) < 4.78 is 0. The molecule has 0 spiro atoms. The number of carbonyl (C=O) groups excluding carboxylic acids is 4. The van der Waals surface area contributed by atoms with Crippen LogP contribution in [0.15, 0.2) is 0 Å². The second-order valence-electron chi connectivity index (χ2n) is 3.29. The van der Waals surface area contributed by atoms with Gasteiger partial charge in [0.2, 0.25) is 0 Å². The van der Waals surface area contributed by atoms with E-state index in [1.54, 1.807) is 0 Å². The molecule has 0 unspecified atom stereocenters. The fraction of sp³-hybridized carbons (Fsp3) is 0.667. The Labute approximate surface area is 148 Å². The van der Waals surface area contributed by atoms with Crippen molar-refractivity contribution in [1.82, 2.24) is 0 Å². The van der Waals surface area contributed by atoms with E-state index in [-0.39, 0.29) is 21.7 Å². The second kappa shape index (κ2) is 28.6. The van der Waals surface area contributed by atoms with Crippen molar-refractivity contribution in [3.05, 3.63) is 0 Å². The molecule has 0 fully saturated rings. The van der Waals surface area contributed by atoms with E-state index in [1.165, 1.54) is 0 Å². The van der Waals surface area contributed by atoms with Crippen LogP contribution < -0.4 is 20.4 Å². The van der Waals surface area contributed by atoms with Gasteiger partial charge in [0.1, 0.15) is 0 Å². The van der Waals surface area contributed by atoms with Crippen LogP contribution in [-0.2, 0) is 40.9 Å². The molecule has 0 bridgehead atoms. The summed E-state index contributed by atoms with van der Waals surface area (Å²) in [5.41, 5.74) is 0. The van der Waals surface area contributed by atoms with Gasteiger partial charge in [-0.1, -0.05) is 13.8 Å². The zero-order chi connectivity index (χ0) is 18.6. The zero-order valence-electron chi connectivity index (χ0n) is 12.9. The van der Waals surface area contributed by atoms with Gasteiger partial charge in [-0.25, -0.2) is 0 Å². The molecule has 10 nitrogen and oxygen atoms in total. The Morgan fingerprint density at radius 3 is 0.783 bits per heavy atom. The topological polar surface area (TPSA) is 201 Å². The Morgan fingerprint density at radius 1 is 0.652 bits per heavy atom. The molecule has 0 saturated heterocycles. The quantitative estimate of drug-likeness (QED) is 0.334. The molecule has 0 saturated carbocycles. The molecule has 0 aromatic carbocycles. The maximum Gasteiger partial charge on any atom is 4.00 e. The summed E-state index contributed by atoms with van der Waals surface area (Å²) in [4.78, 5) is 37.1. The predicted octanol–water partition coefficient (Wildman–Crippen LogP) is -5.47. The molecule has 2 N–H and O–H groups in total. The van der Waals surface area contributed by atoms with Crippen LogP contribution in [-0.4, -0.2) is 47.3 Å². The first-order valence-electron chi connectivity index (χ1n) is 6.09. The maximum absolute atomic E-state index is 9.28. The van der Waals surface area contributed by atoms with Gasteiger partial charge < -0.3 is 49.8 Å². The summed E-state index contributed by atoms with van der Waals surface area (Å²) in [5.74, 6) is -6.50. The van der Waals surface area contributed by atoms with Crippen molar-refractivity contribution in [3.8, 4) is 0 Å². The minimum atomic E-state index is -1.63. The van der Waals surface area contributed by atoms with Crippen LogP contribution in [0.5, 0.6) is 0 Å². The summed E-state index contributed by atoms with van der Waals surface area (Å²) in [5, 5.41) is 52.9.